The summed E-state index contributed by atoms with van der Waals surface area (Å²) in [4.78, 5) is 49.6. The molecular formula is C25H17ClN2O7S. The van der Waals surface area contributed by atoms with Crippen molar-refractivity contribution in [1.29, 1.82) is 0 Å². The first-order valence-electron chi connectivity index (χ1n) is 10.4. The van der Waals surface area contributed by atoms with Crippen LogP contribution in [0.15, 0.2) is 71.6 Å². The summed E-state index contributed by atoms with van der Waals surface area (Å²) in [7, 11) is 1.40. The van der Waals surface area contributed by atoms with Crippen molar-refractivity contribution in [2.75, 3.05) is 7.11 Å². The Kier molecular flexibility index (Phi) is 7.37. The van der Waals surface area contributed by atoms with Crippen molar-refractivity contribution in [3.63, 3.8) is 0 Å². The van der Waals surface area contributed by atoms with E-state index in [1.54, 1.807) is 30.3 Å². The third-order valence-electron chi connectivity index (χ3n) is 5.16. The average molecular weight is 525 g/mol. The molecular weight excluding hydrogens is 508 g/mol. The molecule has 1 aliphatic heterocycles. The van der Waals surface area contributed by atoms with E-state index >= 15 is 0 Å². The van der Waals surface area contributed by atoms with Gasteiger partial charge in [-0.3, -0.25) is 24.6 Å². The SMILES string of the molecule is COc1cc(/C=C2\SC(=O)N(Cc3ccccc3[N+](=O)[O-])C2=O)ccc1OC(=O)c1ccc(Cl)cc1. The lowest BCUT2D eigenvalue weighted by Gasteiger charge is -2.12. The van der Waals surface area contributed by atoms with Crippen LogP contribution in [0.2, 0.25) is 5.02 Å². The largest absolute Gasteiger partial charge is 0.493 e. The first-order valence-corrected chi connectivity index (χ1v) is 11.6. The van der Waals surface area contributed by atoms with Crippen molar-refractivity contribution in [2.24, 2.45) is 0 Å². The number of nitro benzene ring substituents is 1. The smallest absolute Gasteiger partial charge is 0.343 e. The van der Waals surface area contributed by atoms with Gasteiger partial charge in [0, 0.05) is 16.7 Å². The van der Waals surface area contributed by atoms with Crippen LogP contribution in [-0.2, 0) is 11.3 Å². The summed E-state index contributed by atoms with van der Waals surface area (Å²) >= 11 is 6.57. The number of nitrogens with zero attached hydrogens (tertiary/aromatic N) is 2. The van der Waals surface area contributed by atoms with Crippen LogP contribution in [0.1, 0.15) is 21.5 Å². The van der Waals surface area contributed by atoms with Gasteiger partial charge in [-0.1, -0.05) is 35.9 Å². The molecule has 3 aromatic rings. The molecule has 0 spiro atoms. The summed E-state index contributed by atoms with van der Waals surface area (Å²) in [6.07, 6.45) is 1.50. The Bertz CT molecular complexity index is 1410. The third kappa shape index (κ3) is 5.40. The summed E-state index contributed by atoms with van der Waals surface area (Å²) in [6, 6.07) is 16.8. The maximum Gasteiger partial charge on any atom is 0.343 e. The van der Waals surface area contributed by atoms with Gasteiger partial charge in [-0.15, -0.1) is 0 Å². The molecule has 0 N–H and O–H groups in total. The second-order valence-electron chi connectivity index (χ2n) is 7.46. The van der Waals surface area contributed by atoms with Crippen molar-refractivity contribution in [3.05, 3.63) is 103 Å². The maximum absolute atomic E-state index is 12.9. The number of halogens is 1. The van der Waals surface area contributed by atoms with Crippen LogP contribution in [0.4, 0.5) is 10.5 Å². The minimum absolute atomic E-state index is 0.145. The molecule has 0 aliphatic carbocycles. The minimum atomic E-state index is -0.603. The molecule has 1 fully saturated rings. The maximum atomic E-state index is 12.9. The van der Waals surface area contributed by atoms with Gasteiger partial charge in [-0.05, 0) is 59.8 Å². The van der Waals surface area contributed by atoms with E-state index in [4.69, 9.17) is 21.1 Å². The van der Waals surface area contributed by atoms with Crippen LogP contribution in [0.3, 0.4) is 0 Å². The van der Waals surface area contributed by atoms with Crippen molar-refractivity contribution in [1.82, 2.24) is 4.90 Å². The highest BCUT2D eigenvalue weighted by molar-refractivity contribution is 8.18. The standard InChI is InChI=1S/C25H17ClN2O7S/c1-34-21-12-15(6-11-20(21)35-24(30)16-7-9-18(26)10-8-16)13-22-23(29)27(25(31)36-22)14-17-4-2-3-5-19(17)28(32)33/h2-13H,14H2,1H3/b22-13-. The van der Waals surface area contributed by atoms with Crippen LogP contribution in [0.5, 0.6) is 11.5 Å². The molecule has 0 aromatic heterocycles. The minimum Gasteiger partial charge on any atom is -0.493 e. The lowest BCUT2D eigenvalue weighted by molar-refractivity contribution is -0.385. The molecule has 0 unspecified atom stereocenters. The number of rotatable bonds is 7. The number of hydrogen-bond acceptors (Lipinski definition) is 8. The van der Waals surface area contributed by atoms with Crippen molar-refractivity contribution in [2.45, 2.75) is 6.54 Å². The molecule has 0 bridgehead atoms. The Balaban J connectivity index is 1.53. The number of thioether (sulfide) groups is 1. The second kappa shape index (κ2) is 10.6. The Hall–Kier alpha value is -4.15. The molecule has 36 heavy (non-hydrogen) atoms. The van der Waals surface area contributed by atoms with Gasteiger partial charge < -0.3 is 9.47 Å². The van der Waals surface area contributed by atoms with E-state index in [9.17, 15) is 24.5 Å². The number of benzene rings is 3. The zero-order chi connectivity index (χ0) is 25.8. The van der Waals surface area contributed by atoms with E-state index in [0.29, 0.717) is 16.1 Å². The van der Waals surface area contributed by atoms with Gasteiger partial charge >= 0.3 is 5.97 Å². The molecule has 0 radical (unpaired) electrons. The number of hydrogen-bond donors (Lipinski definition) is 0. The number of imide groups is 1. The van der Waals surface area contributed by atoms with Crippen molar-refractivity contribution >= 4 is 52.2 Å². The number of esters is 1. The van der Waals surface area contributed by atoms with Crippen LogP contribution < -0.4 is 9.47 Å². The fourth-order valence-electron chi connectivity index (χ4n) is 3.38. The molecule has 11 heteroatoms. The molecule has 0 saturated carbocycles. The van der Waals surface area contributed by atoms with Crippen LogP contribution in [0, 0.1) is 10.1 Å². The Morgan fingerprint density at radius 3 is 2.50 bits per heavy atom. The first-order chi connectivity index (χ1) is 17.3. The summed E-state index contributed by atoms with van der Waals surface area (Å²) < 4.78 is 10.8. The highest BCUT2D eigenvalue weighted by atomic mass is 35.5. The highest BCUT2D eigenvalue weighted by Gasteiger charge is 2.36. The van der Waals surface area contributed by atoms with Gasteiger partial charge in [0.25, 0.3) is 16.8 Å². The van der Waals surface area contributed by atoms with E-state index in [0.717, 1.165) is 16.7 Å². The molecule has 1 saturated heterocycles. The number of ether oxygens (including phenoxy) is 2. The zero-order valence-corrected chi connectivity index (χ0v) is 20.2. The fraction of sp³-hybridized carbons (Fsp3) is 0.0800. The molecule has 1 heterocycles. The van der Waals surface area contributed by atoms with E-state index in [1.807, 2.05) is 0 Å². The van der Waals surface area contributed by atoms with Crippen LogP contribution in [-0.4, -0.2) is 34.0 Å². The van der Waals surface area contributed by atoms with Crippen LogP contribution in [0.25, 0.3) is 6.08 Å². The fourth-order valence-corrected chi connectivity index (χ4v) is 4.35. The molecule has 9 nitrogen and oxygen atoms in total. The Labute approximate surface area is 214 Å². The molecule has 1 aliphatic rings. The van der Waals surface area contributed by atoms with E-state index < -0.39 is 22.0 Å². The van der Waals surface area contributed by atoms with E-state index in [2.05, 4.69) is 0 Å². The van der Waals surface area contributed by atoms with Gasteiger partial charge in [0.05, 0.1) is 29.0 Å². The molecule has 0 atom stereocenters. The predicted molar refractivity (Wildman–Crippen MR) is 134 cm³/mol. The Morgan fingerprint density at radius 1 is 1.08 bits per heavy atom. The van der Waals surface area contributed by atoms with E-state index in [-0.39, 0.29) is 34.2 Å². The molecule has 4 rings (SSSR count). The second-order valence-corrected chi connectivity index (χ2v) is 8.89. The predicted octanol–water partition coefficient (Wildman–Crippen LogP) is 5.71. The van der Waals surface area contributed by atoms with Gasteiger partial charge in [0.2, 0.25) is 0 Å². The normalized spacial score (nSPS) is 14.3. The molecule has 182 valence electrons. The topological polar surface area (TPSA) is 116 Å². The number of carbonyl (C=O) groups is 3. The lowest BCUT2D eigenvalue weighted by atomic mass is 10.1. The number of nitro groups is 1. The lowest BCUT2D eigenvalue weighted by Crippen LogP contribution is -2.27. The van der Waals surface area contributed by atoms with Gasteiger partial charge in [0.1, 0.15) is 0 Å². The Morgan fingerprint density at radius 2 is 1.81 bits per heavy atom. The molecule has 2 amide bonds. The number of para-hydroxylation sites is 1. The van der Waals surface area contributed by atoms with E-state index in [1.165, 1.54) is 49.6 Å². The van der Waals surface area contributed by atoms with Gasteiger partial charge in [0.15, 0.2) is 11.5 Å². The van der Waals surface area contributed by atoms with Crippen molar-refractivity contribution < 1.29 is 28.8 Å². The summed E-state index contributed by atoms with van der Waals surface area (Å²) in [5, 5.41) is 11.2. The monoisotopic (exact) mass is 524 g/mol. The summed E-state index contributed by atoms with van der Waals surface area (Å²) in [5.41, 5.74) is 0.903. The highest BCUT2D eigenvalue weighted by Crippen LogP contribution is 2.36. The number of methoxy groups -OCH3 is 1. The van der Waals surface area contributed by atoms with Gasteiger partial charge in [-0.2, -0.15) is 0 Å². The third-order valence-corrected chi connectivity index (χ3v) is 6.32. The van der Waals surface area contributed by atoms with Crippen molar-refractivity contribution in [3.8, 4) is 11.5 Å². The average Bonchev–Trinajstić information content (AvgIpc) is 3.12. The summed E-state index contributed by atoms with van der Waals surface area (Å²) in [5.74, 6) is -0.765. The quantitative estimate of drug-likeness (QED) is 0.127. The molecule has 3 aromatic carbocycles. The van der Waals surface area contributed by atoms with Crippen LogP contribution >= 0.6 is 23.4 Å². The summed E-state index contributed by atoms with van der Waals surface area (Å²) in [6.45, 7) is -0.220. The number of carbonyl (C=O) groups excluding carboxylic acids is 3. The van der Waals surface area contributed by atoms with Gasteiger partial charge in [-0.25, -0.2) is 4.79 Å². The first kappa shape index (κ1) is 25.0. The number of amides is 2. The zero-order valence-electron chi connectivity index (χ0n) is 18.7.